The quantitative estimate of drug-likeness (QED) is 0.450. The van der Waals surface area contributed by atoms with Gasteiger partial charge in [-0.1, -0.05) is 0 Å². The molecule has 0 radical (unpaired) electrons. The number of sulfonamides is 1. The first-order valence-electron chi connectivity index (χ1n) is 9.27. The standard InChI is InChI=1S/C16H22F3N7O3S/c1-2-20-15(21-10-13-23-14(25-24-13)12-4-3-9-29-12)22-11-5-7-26(8-6-11)30(27,28)16(17,18)19/h3-4,9,11H,2,5-8,10H2,1H3,(H2,20,21,22)(H,23,24,25). The number of furan rings is 1. The van der Waals surface area contributed by atoms with E-state index in [0.29, 0.717) is 34.2 Å². The zero-order valence-corrected chi connectivity index (χ0v) is 16.9. The molecule has 3 heterocycles. The summed E-state index contributed by atoms with van der Waals surface area (Å²) in [5.74, 6) is 1.88. The molecule has 3 rings (SSSR count). The summed E-state index contributed by atoms with van der Waals surface area (Å²) in [5, 5.41) is 13.0. The Morgan fingerprint density at radius 2 is 2.13 bits per heavy atom. The molecule has 3 N–H and O–H groups in total. The van der Waals surface area contributed by atoms with E-state index in [-0.39, 0.29) is 38.5 Å². The lowest BCUT2D eigenvalue weighted by Crippen LogP contribution is -2.51. The molecule has 10 nitrogen and oxygen atoms in total. The van der Waals surface area contributed by atoms with E-state index < -0.39 is 15.5 Å². The number of nitrogens with one attached hydrogen (secondary N) is 3. The second-order valence-corrected chi connectivity index (χ2v) is 8.48. The Kier molecular flexibility index (Phi) is 6.65. The highest BCUT2D eigenvalue weighted by molar-refractivity contribution is 7.90. The third-order valence-corrected chi connectivity index (χ3v) is 6.06. The van der Waals surface area contributed by atoms with Crippen LogP contribution in [-0.4, -0.2) is 65.0 Å². The molecule has 1 aliphatic rings. The van der Waals surface area contributed by atoms with Crippen LogP contribution in [0.3, 0.4) is 0 Å². The van der Waals surface area contributed by atoms with Crippen molar-refractivity contribution in [1.82, 2.24) is 30.1 Å². The van der Waals surface area contributed by atoms with Gasteiger partial charge < -0.3 is 15.1 Å². The predicted molar refractivity (Wildman–Crippen MR) is 102 cm³/mol. The van der Waals surface area contributed by atoms with Gasteiger partial charge in [0.05, 0.1) is 6.26 Å². The number of aliphatic imine (C=N–C) groups is 1. The van der Waals surface area contributed by atoms with Gasteiger partial charge in [0.15, 0.2) is 11.7 Å². The van der Waals surface area contributed by atoms with Gasteiger partial charge in [-0.3, -0.25) is 5.10 Å². The number of hydrogen-bond donors (Lipinski definition) is 3. The molecule has 2 aromatic heterocycles. The molecule has 0 bridgehead atoms. The van der Waals surface area contributed by atoms with E-state index >= 15 is 0 Å². The van der Waals surface area contributed by atoms with E-state index in [0.717, 1.165) is 0 Å². The lowest BCUT2D eigenvalue weighted by molar-refractivity contribution is -0.0494. The Morgan fingerprint density at radius 3 is 2.73 bits per heavy atom. The molecule has 0 saturated carbocycles. The van der Waals surface area contributed by atoms with E-state index in [1.807, 2.05) is 6.92 Å². The second-order valence-electron chi connectivity index (χ2n) is 6.55. The highest BCUT2D eigenvalue weighted by Crippen LogP contribution is 2.28. The maximum atomic E-state index is 12.7. The molecule has 30 heavy (non-hydrogen) atoms. The van der Waals surface area contributed by atoms with Crippen molar-refractivity contribution in [3.05, 3.63) is 24.2 Å². The Balaban J connectivity index is 1.57. The number of rotatable bonds is 6. The van der Waals surface area contributed by atoms with Crippen LogP contribution in [-0.2, 0) is 16.6 Å². The molecular formula is C16H22F3N7O3S. The number of aromatic nitrogens is 3. The first kappa shape index (κ1) is 22.1. The summed E-state index contributed by atoms with van der Waals surface area (Å²) in [6.45, 7) is 2.20. The molecule has 1 fully saturated rings. The Labute approximate surface area is 171 Å². The molecule has 2 aromatic rings. The summed E-state index contributed by atoms with van der Waals surface area (Å²) in [5.41, 5.74) is -5.28. The molecule has 14 heteroatoms. The summed E-state index contributed by atoms with van der Waals surface area (Å²) in [6, 6.07) is 3.24. The van der Waals surface area contributed by atoms with Gasteiger partial charge in [0, 0.05) is 25.7 Å². The van der Waals surface area contributed by atoms with Gasteiger partial charge in [-0.2, -0.15) is 17.5 Å². The van der Waals surface area contributed by atoms with E-state index in [9.17, 15) is 21.6 Å². The summed E-state index contributed by atoms with van der Waals surface area (Å²) < 4.78 is 66.8. The molecule has 1 aliphatic heterocycles. The largest absolute Gasteiger partial charge is 0.511 e. The van der Waals surface area contributed by atoms with Crippen molar-refractivity contribution in [2.45, 2.75) is 37.9 Å². The Morgan fingerprint density at radius 1 is 1.40 bits per heavy atom. The van der Waals surface area contributed by atoms with Crippen LogP contribution >= 0.6 is 0 Å². The van der Waals surface area contributed by atoms with Gasteiger partial charge in [-0.25, -0.2) is 18.4 Å². The first-order valence-corrected chi connectivity index (χ1v) is 10.7. The van der Waals surface area contributed by atoms with Crippen LogP contribution in [0.15, 0.2) is 27.8 Å². The van der Waals surface area contributed by atoms with Crippen LogP contribution in [0.5, 0.6) is 0 Å². The maximum absolute atomic E-state index is 12.7. The fraction of sp³-hybridized carbons (Fsp3) is 0.562. The van der Waals surface area contributed by atoms with Gasteiger partial charge in [0.1, 0.15) is 12.4 Å². The predicted octanol–water partition coefficient (Wildman–Crippen LogP) is 1.43. The number of guanidine groups is 1. The minimum absolute atomic E-state index is 0.185. The van der Waals surface area contributed by atoms with Crippen molar-refractivity contribution in [3.63, 3.8) is 0 Å². The molecule has 0 amide bonds. The molecule has 0 unspecified atom stereocenters. The fourth-order valence-electron chi connectivity index (χ4n) is 2.94. The average Bonchev–Trinajstić information content (AvgIpc) is 3.37. The number of H-pyrrole nitrogens is 1. The van der Waals surface area contributed by atoms with Crippen molar-refractivity contribution in [2.24, 2.45) is 4.99 Å². The molecule has 0 aromatic carbocycles. The van der Waals surface area contributed by atoms with Gasteiger partial charge in [-0.05, 0) is 31.9 Å². The molecule has 0 spiro atoms. The Bertz CT molecular complexity index is 949. The topological polar surface area (TPSA) is 129 Å². The monoisotopic (exact) mass is 449 g/mol. The highest BCUT2D eigenvalue weighted by atomic mass is 32.2. The van der Waals surface area contributed by atoms with Crippen LogP contribution in [0, 0.1) is 0 Å². The molecule has 0 aliphatic carbocycles. The average molecular weight is 449 g/mol. The number of halogens is 3. The minimum atomic E-state index is -5.29. The van der Waals surface area contributed by atoms with Crippen LogP contribution in [0.25, 0.3) is 11.6 Å². The van der Waals surface area contributed by atoms with E-state index in [1.54, 1.807) is 12.1 Å². The van der Waals surface area contributed by atoms with Crippen molar-refractivity contribution in [1.29, 1.82) is 0 Å². The summed E-state index contributed by atoms with van der Waals surface area (Å²) in [7, 11) is -5.29. The van der Waals surface area contributed by atoms with Crippen LogP contribution < -0.4 is 10.6 Å². The molecule has 0 atom stereocenters. The number of nitrogens with zero attached hydrogens (tertiary/aromatic N) is 4. The second kappa shape index (κ2) is 9.04. The van der Waals surface area contributed by atoms with Gasteiger partial charge >= 0.3 is 15.5 Å². The van der Waals surface area contributed by atoms with Crippen molar-refractivity contribution >= 4 is 16.0 Å². The molecule has 166 valence electrons. The summed E-state index contributed by atoms with van der Waals surface area (Å²) >= 11 is 0. The minimum Gasteiger partial charge on any atom is -0.461 e. The van der Waals surface area contributed by atoms with Crippen molar-refractivity contribution in [2.75, 3.05) is 19.6 Å². The number of aromatic amines is 1. The van der Waals surface area contributed by atoms with Crippen LogP contribution in [0.2, 0.25) is 0 Å². The number of hydrogen-bond acceptors (Lipinski definition) is 6. The van der Waals surface area contributed by atoms with Crippen molar-refractivity contribution in [3.8, 4) is 11.6 Å². The number of piperidine rings is 1. The van der Waals surface area contributed by atoms with Crippen molar-refractivity contribution < 1.29 is 26.0 Å². The number of alkyl halides is 3. The van der Waals surface area contributed by atoms with E-state index in [4.69, 9.17) is 4.42 Å². The maximum Gasteiger partial charge on any atom is 0.511 e. The summed E-state index contributed by atoms with van der Waals surface area (Å²) in [4.78, 5) is 8.69. The first-order chi connectivity index (χ1) is 14.2. The lowest BCUT2D eigenvalue weighted by atomic mass is 10.1. The third kappa shape index (κ3) is 5.11. The Hall–Kier alpha value is -2.61. The highest BCUT2D eigenvalue weighted by Gasteiger charge is 2.50. The van der Waals surface area contributed by atoms with Gasteiger partial charge in [0.2, 0.25) is 5.82 Å². The van der Waals surface area contributed by atoms with E-state index in [2.05, 4.69) is 30.8 Å². The van der Waals surface area contributed by atoms with Crippen LogP contribution in [0.4, 0.5) is 13.2 Å². The fourth-order valence-corrected chi connectivity index (χ4v) is 3.92. The third-order valence-electron chi connectivity index (χ3n) is 4.43. The normalized spacial score (nSPS) is 17.3. The SMILES string of the molecule is CCNC(=NCc1nc(-c2ccco2)n[nH]1)NC1CCN(S(=O)(=O)C(F)(F)F)CC1. The zero-order chi connectivity index (χ0) is 21.8. The molecular weight excluding hydrogens is 427 g/mol. The smallest absolute Gasteiger partial charge is 0.461 e. The van der Waals surface area contributed by atoms with E-state index in [1.165, 1.54) is 6.26 Å². The van der Waals surface area contributed by atoms with Gasteiger partial charge in [-0.15, -0.1) is 5.10 Å². The lowest BCUT2D eigenvalue weighted by Gasteiger charge is -2.32. The zero-order valence-electron chi connectivity index (χ0n) is 16.1. The van der Waals surface area contributed by atoms with Crippen LogP contribution in [0.1, 0.15) is 25.6 Å². The molecule has 1 saturated heterocycles. The van der Waals surface area contributed by atoms with Gasteiger partial charge in [0.25, 0.3) is 0 Å². The summed E-state index contributed by atoms with van der Waals surface area (Å²) in [6.07, 6.45) is 1.97.